The Bertz CT molecular complexity index is 766. The van der Waals surface area contributed by atoms with Crippen LogP contribution in [0, 0.1) is 22.7 Å². The Hall–Kier alpha value is -1.66. The van der Waals surface area contributed by atoms with Gasteiger partial charge in [-0.3, -0.25) is 4.79 Å². The fourth-order valence-corrected chi connectivity index (χ4v) is 5.77. The standard InChI is InChI=1S/C19H22O6/c1-7(2)12-8-5-10-14-18(3,9(8)6-11(20)24-12)16-13(25-16)15(21)19(14,4)17(22)23-10/h5-7,10,12-16,21H,1-4H3/t10-,12-,13?,14-,15+,16?,18-,19-/m0/s1. The highest BCUT2D eigenvalue weighted by molar-refractivity contribution is 5.88. The van der Waals surface area contributed by atoms with Crippen LogP contribution in [0.5, 0.6) is 0 Å². The van der Waals surface area contributed by atoms with E-state index in [1.807, 2.05) is 26.8 Å². The molecule has 6 nitrogen and oxygen atoms in total. The van der Waals surface area contributed by atoms with Crippen LogP contribution in [0.2, 0.25) is 0 Å². The third-order valence-corrected chi connectivity index (χ3v) is 7.00. The van der Waals surface area contributed by atoms with Crippen LogP contribution in [-0.2, 0) is 23.8 Å². The first-order valence-corrected chi connectivity index (χ1v) is 8.90. The van der Waals surface area contributed by atoms with Crippen molar-refractivity contribution in [1.82, 2.24) is 0 Å². The number of esters is 2. The smallest absolute Gasteiger partial charge is 0.331 e. The highest BCUT2D eigenvalue weighted by Gasteiger charge is 2.78. The second-order valence-electron chi connectivity index (χ2n) is 8.66. The van der Waals surface area contributed by atoms with Gasteiger partial charge in [0.1, 0.15) is 23.7 Å². The van der Waals surface area contributed by atoms with E-state index in [-0.39, 0.29) is 36.0 Å². The molecule has 1 saturated carbocycles. The molecule has 0 bridgehead atoms. The van der Waals surface area contributed by atoms with Gasteiger partial charge in [-0.25, -0.2) is 4.79 Å². The maximum Gasteiger partial charge on any atom is 0.331 e. The van der Waals surface area contributed by atoms with Gasteiger partial charge in [-0.05, 0) is 30.1 Å². The molecule has 3 heterocycles. The Balaban J connectivity index is 1.75. The van der Waals surface area contributed by atoms with Crippen molar-refractivity contribution < 1.29 is 28.9 Å². The van der Waals surface area contributed by atoms with E-state index < -0.39 is 29.1 Å². The first-order chi connectivity index (χ1) is 11.7. The van der Waals surface area contributed by atoms with E-state index in [0.29, 0.717) is 0 Å². The quantitative estimate of drug-likeness (QED) is 0.566. The minimum absolute atomic E-state index is 0.104. The van der Waals surface area contributed by atoms with Crippen LogP contribution in [0.25, 0.3) is 0 Å². The van der Waals surface area contributed by atoms with E-state index in [2.05, 4.69) is 0 Å². The van der Waals surface area contributed by atoms with Gasteiger partial charge >= 0.3 is 11.9 Å². The monoisotopic (exact) mass is 346 g/mol. The maximum atomic E-state index is 12.7. The van der Waals surface area contributed by atoms with Crippen molar-refractivity contribution in [3.63, 3.8) is 0 Å². The Kier molecular flexibility index (Phi) is 2.71. The summed E-state index contributed by atoms with van der Waals surface area (Å²) in [5.41, 5.74) is 0.203. The summed E-state index contributed by atoms with van der Waals surface area (Å²) in [6, 6.07) is 0. The fourth-order valence-electron chi connectivity index (χ4n) is 5.77. The zero-order valence-electron chi connectivity index (χ0n) is 14.7. The molecule has 0 aromatic carbocycles. The summed E-state index contributed by atoms with van der Waals surface area (Å²) in [6.07, 6.45) is 1.17. The zero-order valence-corrected chi connectivity index (χ0v) is 14.7. The predicted molar refractivity (Wildman–Crippen MR) is 85.1 cm³/mol. The summed E-state index contributed by atoms with van der Waals surface area (Å²) in [7, 11) is 0. The average molecular weight is 346 g/mol. The number of aliphatic hydroxyl groups is 1. The maximum absolute atomic E-state index is 12.7. The molecule has 134 valence electrons. The molecule has 5 aliphatic rings. The van der Waals surface area contributed by atoms with Crippen molar-refractivity contribution in [2.45, 2.75) is 58.2 Å². The lowest BCUT2D eigenvalue weighted by molar-refractivity contribution is -0.154. The molecule has 2 saturated heterocycles. The number of cyclic esters (lactones) is 1. The van der Waals surface area contributed by atoms with Gasteiger partial charge in [0.15, 0.2) is 0 Å². The fraction of sp³-hybridized carbons (Fsp3) is 0.684. The van der Waals surface area contributed by atoms with Gasteiger partial charge in [-0.15, -0.1) is 0 Å². The van der Waals surface area contributed by atoms with Crippen LogP contribution in [0.4, 0.5) is 0 Å². The molecule has 2 unspecified atom stereocenters. The van der Waals surface area contributed by atoms with Gasteiger partial charge < -0.3 is 19.3 Å². The topological polar surface area (TPSA) is 85.4 Å². The lowest BCUT2D eigenvalue weighted by atomic mass is 9.48. The third kappa shape index (κ3) is 1.59. The van der Waals surface area contributed by atoms with E-state index in [4.69, 9.17) is 14.2 Å². The predicted octanol–water partition coefficient (Wildman–Crippen LogP) is 1.13. The number of hydrogen-bond donors (Lipinski definition) is 1. The van der Waals surface area contributed by atoms with Crippen LogP contribution in [0.15, 0.2) is 23.3 Å². The molecule has 0 spiro atoms. The summed E-state index contributed by atoms with van der Waals surface area (Å²) in [5, 5.41) is 10.7. The molecule has 0 radical (unpaired) electrons. The first kappa shape index (κ1) is 15.6. The largest absolute Gasteiger partial charge is 0.457 e. The first-order valence-electron chi connectivity index (χ1n) is 8.90. The average Bonchev–Trinajstić information content (AvgIpc) is 3.29. The van der Waals surface area contributed by atoms with Crippen molar-refractivity contribution in [3.8, 4) is 0 Å². The number of rotatable bonds is 1. The van der Waals surface area contributed by atoms with Crippen LogP contribution >= 0.6 is 0 Å². The van der Waals surface area contributed by atoms with Crippen molar-refractivity contribution in [3.05, 3.63) is 23.3 Å². The lowest BCUT2D eigenvalue weighted by Crippen LogP contribution is -2.60. The van der Waals surface area contributed by atoms with Crippen LogP contribution in [0.3, 0.4) is 0 Å². The molecule has 8 atom stereocenters. The van der Waals surface area contributed by atoms with E-state index >= 15 is 0 Å². The normalized spacial score (nSPS) is 52.4. The SMILES string of the molecule is CC(C)[C@@H]1OC(=O)C=C2C1=C[C@@H]1OC(=O)[C@]3(C)[C@H](O)C4OC4[C@]2(C)[C@H]13. The number of carbonyl (C=O) groups excluding carboxylic acids is 2. The van der Waals surface area contributed by atoms with Gasteiger partial charge in [0.05, 0.1) is 12.2 Å². The van der Waals surface area contributed by atoms with Gasteiger partial charge in [0, 0.05) is 17.4 Å². The third-order valence-electron chi connectivity index (χ3n) is 7.00. The Morgan fingerprint density at radius 2 is 1.88 bits per heavy atom. The lowest BCUT2D eigenvalue weighted by Gasteiger charge is -2.52. The minimum atomic E-state index is -1.03. The van der Waals surface area contributed by atoms with Crippen molar-refractivity contribution in [2.24, 2.45) is 22.7 Å². The summed E-state index contributed by atoms with van der Waals surface area (Å²) in [4.78, 5) is 24.9. The van der Waals surface area contributed by atoms with E-state index in [1.165, 1.54) is 0 Å². The summed E-state index contributed by atoms with van der Waals surface area (Å²) >= 11 is 0. The van der Waals surface area contributed by atoms with Crippen molar-refractivity contribution in [2.75, 3.05) is 0 Å². The Morgan fingerprint density at radius 3 is 2.56 bits per heavy atom. The van der Waals surface area contributed by atoms with Crippen LogP contribution in [0.1, 0.15) is 27.7 Å². The van der Waals surface area contributed by atoms with Crippen molar-refractivity contribution in [1.29, 1.82) is 0 Å². The van der Waals surface area contributed by atoms with Gasteiger partial charge in [0.2, 0.25) is 0 Å². The molecule has 0 amide bonds. The van der Waals surface area contributed by atoms with Crippen molar-refractivity contribution >= 4 is 11.9 Å². The molecular weight excluding hydrogens is 324 g/mol. The van der Waals surface area contributed by atoms with E-state index in [9.17, 15) is 14.7 Å². The summed E-state index contributed by atoms with van der Waals surface area (Å²) < 4.78 is 17.1. The molecule has 6 heteroatoms. The van der Waals surface area contributed by atoms with Crippen LogP contribution in [-0.4, -0.2) is 47.6 Å². The molecule has 5 rings (SSSR count). The van der Waals surface area contributed by atoms with Crippen LogP contribution < -0.4 is 0 Å². The van der Waals surface area contributed by atoms with Gasteiger partial charge in [-0.2, -0.15) is 0 Å². The highest BCUT2D eigenvalue weighted by atomic mass is 16.6. The second kappa shape index (κ2) is 4.35. The number of fused-ring (bicyclic) bond motifs is 4. The minimum Gasteiger partial charge on any atom is -0.457 e. The van der Waals surface area contributed by atoms with Gasteiger partial charge in [0.25, 0.3) is 0 Å². The molecule has 3 aliphatic heterocycles. The Morgan fingerprint density at radius 1 is 1.16 bits per heavy atom. The number of aliphatic hydroxyl groups excluding tert-OH is 1. The zero-order chi connectivity index (χ0) is 17.9. The molecule has 0 aromatic rings. The number of ether oxygens (including phenoxy) is 3. The Labute approximate surface area is 145 Å². The summed E-state index contributed by atoms with van der Waals surface area (Å²) in [6.45, 7) is 7.81. The molecule has 1 N–H and O–H groups in total. The number of epoxide rings is 1. The van der Waals surface area contributed by atoms with E-state index in [1.54, 1.807) is 13.0 Å². The number of carbonyl (C=O) groups is 2. The van der Waals surface area contributed by atoms with Gasteiger partial charge in [-0.1, -0.05) is 20.8 Å². The summed E-state index contributed by atoms with van der Waals surface area (Å²) in [5.74, 6) is -0.909. The molecule has 25 heavy (non-hydrogen) atoms. The molecular formula is C19H22O6. The second-order valence-corrected chi connectivity index (χ2v) is 8.66. The molecule has 0 aromatic heterocycles. The van der Waals surface area contributed by atoms with E-state index in [0.717, 1.165) is 11.1 Å². The highest BCUT2D eigenvalue weighted by Crippen LogP contribution is 2.69. The number of hydrogen-bond acceptors (Lipinski definition) is 6. The molecule has 3 fully saturated rings. The molecule has 2 aliphatic carbocycles.